The van der Waals surface area contributed by atoms with Gasteiger partial charge in [0, 0.05) is 23.0 Å². The number of hydrogen-bond donors (Lipinski definition) is 1. The fourth-order valence-corrected chi connectivity index (χ4v) is 2.25. The van der Waals surface area contributed by atoms with Gasteiger partial charge in [-0.25, -0.2) is 0 Å². The Bertz CT molecular complexity index is 440. The predicted octanol–water partition coefficient (Wildman–Crippen LogP) is 2.83. The van der Waals surface area contributed by atoms with Crippen molar-refractivity contribution in [2.45, 2.75) is 26.7 Å². The Kier molecular flexibility index (Phi) is 6.56. The summed E-state index contributed by atoms with van der Waals surface area (Å²) in [5.41, 5.74) is 1.63. The number of carbonyl (C=O) groups excluding carboxylic acids is 2. The maximum Gasteiger partial charge on any atom is 0.305 e. The molecule has 0 unspecified atom stereocenters. The van der Waals surface area contributed by atoms with E-state index in [2.05, 4.69) is 21.2 Å². The zero-order valence-corrected chi connectivity index (χ0v) is 12.7. The van der Waals surface area contributed by atoms with E-state index >= 15 is 0 Å². The summed E-state index contributed by atoms with van der Waals surface area (Å²) in [6.07, 6.45) is 0.906. The fraction of sp³-hybridized carbons (Fsp3) is 0.429. The summed E-state index contributed by atoms with van der Waals surface area (Å²) in [5.74, 6) is -0.358. The number of carbonyl (C=O) groups is 2. The van der Waals surface area contributed by atoms with Crippen molar-refractivity contribution in [2.24, 2.45) is 0 Å². The molecule has 0 aliphatic rings. The molecule has 1 amide bonds. The third-order valence-electron chi connectivity index (χ3n) is 2.45. The maximum absolute atomic E-state index is 11.9. The number of esters is 1. The molecule has 0 bridgehead atoms. The van der Waals surface area contributed by atoms with Gasteiger partial charge in [-0.3, -0.25) is 9.59 Å². The van der Waals surface area contributed by atoms with Gasteiger partial charge in [0.05, 0.1) is 6.61 Å². The van der Waals surface area contributed by atoms with Crippen LogP contribution in [0.1, 0.15) is 35.7 Å². The molecule has 1 aromatic carbocycles. The lowest BCUT2D eigenvalue weighted by molar-refractivity contribution is -0.143. The van der Waals surface area contributed by atoms with Crippen LogP contribution in [0.4, 0.5) is 0 Å². The lowest BCUT2D eigenvalue weighted by Crippen LogP contribution is -2.25. The quantitative estimate of drug-likeness (QED) is 0.645. The molecule has 0 spiro atoms. The molecule has 4 nitrogen and oxygen atoms in total. The highest BCUT2D eigenvalue weighted by molar-refractivity contribution is 9.10. The Labute approximate surface area is 121 Å². The number of aryl methyl sites for hydroxylation is 1. The van der Waals surface area contributed by atoms with Crippen LogP contribution in [0, 0.1) is 6.92 Å². The van der Waals surface area contributed by atoms with Gasteiger partial charge in [-0.1, -0.05) is 15.9 Å². The molecule has 0 radical (unpaired) electrons. The van der Waals surface area contributed by atoms with Crippen molar-refractivity contribution < 1.29 is 14.3 Å². The van der Waals surface area contributed by atoms with Crippen LogP contribution in [-0.2, 0) is 9.53 Å². The zero-order valence-electron chi connectivity index (χ0n) is 11.2. The highest BCUT2D eigenvalue weighted by Crippen LogP contribution is 2.15. The molecular formula is C14H18BrNO3. The lowest BCUT2D eigenvalue weighted by atomic mass is 10.1. The smallest absolute Gasteiger partial charge is 0.305 e. The highest BCUT2D eigenvalue weighted by Gasteiger charge is 2.07. The fourth-order valence-electron chi connectivity index (χ4n) is 1.64. The Balaban J connectivity index is 2.37. The Morgan fingerprint density at radius 1 is 1.32 bits per heavy atom. The zero-order chi connectivity index (χ0) is 14.3. The van der Waals surface area contributed by atoms with Gasteiger partial charge in [-0.2, -0.15) is 0 Å². The molecule has 19 heavy (non-hydrogen) atoms. The number of hydrogen-bond acceptors (Lipinski definition) is 3. The summed E-state index contributed by atoms with van der Waals surface area (Å²) in [7, 11) is 0. The SMILES string of the molecule is CCOC(=O)CCCNC(=O)c1cc(C)cc(Br)c1. The average Bonchev–Trinajstić information content (AvgIpc) is 2.33. The van der Waals surface area contributed by atoms with Gasteiger partial charge in [0.2, 0.25) is 0 Å². The predicted molar refractivity (Wildman–Crippen MR) is 77.1 cm³/mol. The molecule has 0 saturated heterocycles. The van der Waals surface area contributed by atoms with E-state index < -0.39 is 0 Å². The number of nitrogens with one attached hydrogen (secondary N) is 1. The third kappa shape index (κ3) is 5.87. The monoisotopic (exact) mass is 327 g/mol. The molecule has 0 saturated carbocycles. The van der Waals surface area contributed by atoms with Crippen LogP contribution >= 0.6 is 15.9 Å². The summed E-state index contributed by atoms with van der Waals surface area (Å²) < 4.78 is 5.69. The van der Waals surface area contributed by atoms with Crippen LogP contribution in [0.5, 0.6) is 0 Å². The van der Waals surface area contributed by atoms with Crippen molar-refractivity contribution in [1.82, 2.24) is 5.32 Å². The van der Waals surface area contributed by atoms with Crippen molar-refractivity contribution in [3.8, 4) is 0 Å². The third-order valence-corrected chi connectivity index (χ3v) is 2.91. The molecule has 0 heterocycles. The number of halogens is 1. The molecule has 104 valence electrons. The minimum Gasteiger partial charge on any atom is -0.466 e. The molecule has 0 fully saturated rings. The van der Waals surface area contributed by atoms with Gasteiger partial charge >= 0.3 is 5.97 Å². The first-order valence-corrected chi connectivity index (χ1v) is 7.03. The topological polar surface area (TPSA) is 55.4 Å². The molecule has 1 rings (SSSR count). The van der Waals surface area contributed by atoms with Gasteiger partial charge in [0.15, 0.2) is 0 Å². The molecule has 5 heteroatoms. The Morgan fingerprint density at radius 3 is 2.68 bits per heavy atom. The van der Waals surface area contributed by atoms with Crippen LogP contribution in [0.3, 0.4) is 0 Å². The van der Waals surface area contributed by atoms with E-state index in [9.17, 15) is 9.59 Å². The Morgan fingerprint density at radius 2 is 2.05 bits per heavy atom. The van der Waals surface area contributed by atoms with Crippen molar-refractivity contribution in [1.29, 1.82) is 0 Å². The second-order valence-corrected chi connectivity index (χ2v) is 5.10. The van der Waals surface area contributed by atoms with Crippen molar-refractivity contribution >= 4 is 27.8 Å². The minimum absolute atomic E-state index is 0.131. The highest BCUT2D eigenvalue weighted by atomic mass is 79.9. The number of amides is 1. The second-order valence-electron chi connectivity index (χ2n) is 4.18. The normalized spacial score (nSPS) is 10.1. The summed E-state index contributed by atoms with van der Waals surface area (Å²) in [6.45, 7) is 4.56. The Hall–Kier alpha value is -1.36. The van der Waals surface area contributed by atoms with E-state index in [0.29, 0.717) is 31.6 Å². The van der Waals surface area contributed by atoms with E-state index in [1.54, 1.807) is 13.0 Å². The molecule has 1 aromatic rings. The molecule has 0 atom stereocenters. The molecule has 0 aliphatic heterocycles. The van der Waals surface area contributed by atoms with Crippen molar-refractivity contribution in [3.63, 3.8) is 0 Å². The number of rotatable bonds is 6. The maximum atomic E-state index is 11.9. The molecule has 0 aromatic heterocycles. The number of benzene rings is 1. The van der Waals surface area contributed by atoms with Crippen molar-refractivity contribution in [3.05, 3.63) is 33.8 Å². The van der Waals surface area contributed by atoms with E-state index in [0.717, 1.165) is 10.0 Å². The lowest BCUT2D eigenvalue weighted by Gasteiger charge is -2.06. The van der Waals surface area contributed by atoms with E-state index in [4.69, 9.17) is 4.74 Å². The van der Waals surface area contributed by atoms with Crippen LogP contribution in [0.25, 0.3) is 0 Å². The van der Waals surface area contributed by atoms with E-state index in [-0.39, 0.29) is 11.9 Å². The van der Waals surface area contributed by atoms with E-state index in [1.807, 2.05) is 19.1 Å². The van der Waals surface area contributed by atoms with Crippen LogP contribution < -0.4 is 5.32 Å². The van der Waals surface area contributed by atoms with Crippen LogP contribution in [0.15, 0.2) is 22.7 Å². The van der Waals surface area contributed by atoms with Crippen molar-refractivity contribution in [2.75, 3.05) is 13.2 Å². The van der Waals surface area contributed by atoms with Gasteiger partial charge in [0.1, 0.15) is 0 Å². The summed E-state index contributed by atoms with van der Waals surface area (Å²) in [4.78, 5) is 23.0. The largest absolute Gasteiger partial charge is 0.466 e. The standard InChI is InChI=1S/C14H18BrNO3/c1-3-19-13(17)5-4-6-16-14(18)11-7-10(2)8-12(15)9-11/h7-9H,3-6H2,1-2H3,(H,16,18). The number of ether oxygens (including phenoxy) is 1. The summed E-state index contributed by atoms with van der Waals surface area (Å²) >= 11 is 3.36. The van der Waals surface area contributed by atoms with Gasteiger partial charge in [-0.15, -0.1) is 0 Å². The van der Waals surface area contributed by atoms with E-state index in [1.165, 1.54) is 0 Å². The van der Waals surface area contributed by atoms with Gasteiger partial charge in [-0.05, 0) is 44.0 Å². The molecule has 1 N–H and O–H groups in total. The average molecular weight is 328 g/mol. The van der Waals surface area contributed by atoms with Crippen LogP contribution in [0.2, 0.25) is 0 Å². The van der Waals surface area contributed by atoms with Gasteiger partial charge in [0.25, 0.3) is 5.91 Å². The molecular weight excluding hydrogens is 310 g/mol. The molecule has 0 aliphatic carbocycles. The minimum atomic E-state index is -0.227. The summed E-state index contributed by atoms with van der Waals surface area (Å²) in [5, 5.41) is 2.78. The first kappa shape index (κ1) is 15.7. The first-order valence-electron chi connectivity index (χ1n) is 6.24. The second kappa shape index (κ2) is 7.94. The summed E-state index contributed by atoms with van der Waals surface area (Å²) in [6, 6.07) is 5.54. The van der Waals surface area contributed by atoms with Crippen LogP contribution in [-0.4, -0.2) is 25.0 Å². The van der Waals surface area contributed by atoms with Gasteiger partial charge < -0.3 is 10.1 Å². The first-order chi connectivity index (χ1) is 9.02.